The molecule has 0 fully saturated rings. The summed E-state index contributed by atoms with van der Waals surface area (Å²) in [4.78, 5) is 19.7. The molecule has 0 saturated heterocycles. The molecule has 1 unspecified atom stereocenters. The van der Waals surface area contributed by atoms with Gasteiger partial charge in [-0.25, -0.2) is 9.97 Å². The first-order chi connectivity index (χ1) is 14.7. The van der Waals surface area contributed by atoms with Crippen molar-refractivity contribution in [2.45, 2.75) is 59.7 Å². The third-order valence-corrected chi connectivity index (χ3v) is 5.19. The van der Waals surface area contributed by atoms with Crippen LogP contribution in [0.2, 0.25) is 0 Å². The Balaban J connectivity index is 1.78. The van der Waals surface area contributed by atoms with E-state index in [1.54, 1.807) is 6.26 Å². The van der Waals surface area contributed by atoms with Gasteiger partial charge in [0.25, 0.3) is 0 Å². The highest BCUT2D eigenvalue weighted by atomic mass is 16.5. The van der Waals surface area contributed by atoms with Crippen molar-refractivity contribution in [3.63, 3.8) is 0 Å². The van der Waals surface area contributed by atoms with Crippen molar-refractivity contribution >= 4 is 17.1 Å². The predicted octanol–water partition coefficient (Wildman–Crippen LogP) is 5.13. The van der Waals surface area contributed by atoms with Crippen molar-refractivity contribution in [2.24, 2.45) is 5.41 Å². The molecular weight excluding hydrogens is 396 g/mol. The molecule has 7 heteroatoms. The Morgan fingerprint density at radius 3 is 2.52 bits per heavy atom. The normalized spacial score (nSPS) is 13.8. The minimum atomic E-state index is -0.886. The number of nitrogens with zero attached hydrogens (tertiary/aromatic N) is 2. The van der Waals surface area contributed by atoms with Crippen LogP contribution in [0, 0.1) is 5.41 Å². The average molecular weight is 427 g/mol. The van der Waals surface area contributed by atoms with Gasteiger partial charge in [0.1, 0.15) is 24.6 Å². The van der Waals surface area contributed by atoms with E-state index >= 15 is 0 Å². The largest absolute Gasteiger partial charge is 0.481 e. The van der Waals surface area contributed by atoms with Crippen LogP contribution >= 0.6 is 0 Å². The number of carboxylic acid groups (broad SMARTS) is 1. The molecule has 3 aromatic rings. The molecule has 166 valence electrons. The van der Waals surface area contributed by atoms with Gasteiger partial charge >= 0.3 is 5.97 Å². The summed E-state index contributed by atoms with van der Waals surface area (Å²) in [6.07, 6.45) is 3.21. The van der Waals surface area contributed by atoms with Crippen LogP contribution in [-0.4, -0.2) is 39.9 Å². The number of ether oxygens (including phenoxy) is 2. The zero-order valence-electron chi connectivity index (χ0n) is 18.7. The lowest BCUT2D eigenvalue weighted by Gasteiger charge is -2.32. The molecule has 3 rings (SSSR count). The van der Waals surface area contributed by atoms with Crippen molar-refractivity contribution in [1.82, 2.24) is 9.97 Å². The zero-order valence-corrected chi connectivity index (χ0v) is 18.7. The maximum atomic E-state index is 11.2. The summed E-state index contributed by atoms with van der Waals surface area (Å²) in [5.41, 5.74) is 3.25. The summed E-state index contributed by atoms with van der Waals surface area (Å²) in [5, 5.41) is 9.90. The Kier molecular flexibility index (Phi) is 6.95. The molecule has 0 spiro atoms. The third kappa shape index (κ3) is 5.61. The minimum absolute atomic E-state index is 0.0643. The molecule has 0 saturated carbocycles. The van der Waals surface area contributed by atoms with Gasteiger partial charge in [0.15, 0.2) is 0 Å². The highest BCUT2D eigenvalue weighted by Crippen LogP contribution is 2.35. The number of carbonyl (C=O) groups is 1. The van der Waals surface area contributed by atoms with Crippen LogP contribution in [0.15, 0.2) is 41.3 Å². The molecule has 7 nitrogen and oxygen atoms in total. The van der Waals surface area contributed by atoms with Crippen LogP contribution in [-0.2, 0) is 16.0 Å². The van der Waals surface area contributed by atoms with Crippen LogP contribution in [0.25, 0.3) is 22.2 Å². The van der Waals surface area contributed by atoms with Gasteiger partial charge in [0.2, 0.25) is 11.6 Å². The topological polar surface area (TPSA) is 94.7 Å². The van der Waals surface area contributed by atoms with Gasteiger partial charge in [-0.1, -0.05) is 52.0 Å². The quantitative estimate of drug-likeness (QED) is 0.507. The Hall–Kier alpha value is -2.93. The van der Waals surface area contributed by atoms with Crippen LogP contribution in [0.3, 0.4) is 0 Å². The monoisotopic (exact) mass is 426 g/mol. The number of fused-ring (bicyclic) bond motifs is 1. The highest BCUT2D eigenvalue weighted by Gasteiger charge is 2.29. The van der Waals surface area contributed by atoms with E-state index in [-0.39, 0.29) is 24.5 Å². The number of rotatable bonds is 9. The van der Waals surface area contributed by atoms with E-state index in [1.165, 1.54) is 11.9 Å². The number of benzene rings is 1. The summed E-state index contributed by atoms with van der Waals surface area (Å²) in [6, 6.07) is 8.27. The second-order valence-corrected chi connectivity index (χ2v) is 8.77. The van der Waals surface area contributed by atoms with Crippen molar-refractivity contribution in [3.8, 4) is 17.0 Å². The number of aliphatic carboxylic acids is 1. The van der Waals surface area contributed by atoms with Crippen LogP contribution < -0.4 is 4.74 Å². The summed E-state index contributed by atoms with van der Waals surface area (Å²) >= 11 is 0. The smallest absolute Gasteiger partial charge is 0.306 e. The predicted molar refractivity (Wildman–Crippen MR) is 118 cm³/mol. The van der Waals surface area contributed by atoms with E-state index < -0.39 is 12.1 Å². The van der Waals surface area contributed by atoms with Crippen molar-refractivity contribution < 1.29 is 23.8 Å². The van der Waals surface area contributed by atoms with Gasteiger partial charge in [-0.2, -0.15) is 0 Å². The maximum absolute atomic E-state index is 11.2. The van der Waals surface area contributed by atoms with E-state index in [0.717, 1.165) is 17.5 Å². The number of aryl methyl sites for hydroxylation is 1. The van der Waals surface area contributed by atoms with Gasteiger partial charge < -0.3 is 19.0 Å². The number of hydrogen-bond acceptors (Lipinski definition) is 6. The molecule has 0 radical (unpaired) electrons. The standard InChI is InChI=1S/C24H30N2O5/c1-6-16-7-9-17(10-8-16)18-13-30-23-21(18)22(25-14-26-23)29-12-15(2)31-19(11-20(27)28)24(3,4)5/h7-10,13-15,19H,6,11-12H2,1-5H3,(H,27,28)/t15-,19?/m0/s1. The van der Waals surface area contributed by atoms with Gasteiger partial charge in [-0.15, -0.1) is 0 Å². The second kappa shape index (κ2) is 9.47. The maximum Gasteiger partial charge on any atom is 0.306 e. The average Bonchev–Trinajstić information content (AvgIpc) is 3.15. The summed E-state index contributed by atoms with van der Waals surface area (Å²) in [6.45, 7) is 10.1. The lowest BCUT2D eigenvalue weighted by molar-refractivity contribution is -0.146. The molecule has 2 aromatic heterocycles. The molecule has 1 N–H and O–H groups in total. The molecule has 2 atom stereocenters. The van der Waals surface area contributed by atoms with Crippen molar-refractivity contribution in [2.75, 3.05) is 6.61 Å². The SMILES string of the molecule is CCc1ccc(-c2coc3ncnc(OC[C@H](C)OC(CC(=O)O)C(C)(C)C)c23)cc1. The Morgan fingerprint density at radius 2 is 1.90 bits per heavy atom. The number of carboxylic acids is 1. The van der Waals surface area contributed by atoms with E-state index in [4.69, 9.17) is 13.9 Å². The lowest BCUT2D eigenvalue weighted by Crippen LogP contribution is -2.36. The second-order valence-electron chi connectivity index (χ2n) is 8.77. The van der Waals surface area contributed by atoms with Crippen LogP contribution in [0.5, 0.6) is 5.88 Å². The molecule has 0 bridgehead atoms. The fraction of sp³-hybridized carbons (Fsp3) is 0.458. The van der Waals surface area contributed by atoms with Crippen molar-refractivity contribution in [3.05, 3.63) is 42.4 Å². The fourth-order valence-electron chi connectivity index (χ4n) is 3.32. The summed E-state index contributed by atoms with van der Waals surface area (Å²) in [7, 11) is 0. The zero-order chi connectivity index (χ0) is 22.6. The van der Waals surface area contributed by atoms with Crippen LogP contribution in [0.4, 0.5) is 0 Å². The van der Waals surface area contributed by atoms with Crippen molar-refractivity contribution in [1.29, 1.82) is 0 Å². The summed E-state index contributed by atoms with van der Waals surface area (Å²) in [5.74, 6) is -0.475. The molecule has 0 amide bonds. The van der Waals surface area contributed by atoms with Gasteiger partial charge in [-0.05, 0) is 29.9 Å². The number of aromatic nitrogens is 2. The first-order valence-electron chi connectivity index (χ1n) is 10.5. The Morgan fingerprint density at radius 1 is 1.19 bits per heavy atom. The fourth-order valence-corrected chi connectivity index (χ4v) is 3.32. The molecule has 0 aliphatic rings. The number of furan rings is 1. The molecule has 2 heterocycles. The first kappa shape index (κ1) is 22.7. The molecular formula is C24H30N2O5. The van der Waals surface area contributed by atoms with E-state index in [9.17, 15) is 9.90 Å². The lowest BCUT2D eigenvalue weighted by atomic mass is 9.87. The minimum Gasteiger partial charge on any atom is -0.481 e. The Labute approximate surface area is 182 Å². The highest BCUT2D eigenvalue weighted by molar-refractivity contribution is 5.95. The summed E-state index contributed by atoms with van der Waals surface area (Å²) < 4.78 is 17.6. The molecule has 0 aliphatic carbocycles. The van der Waals surface area contributed by atoms with Gasteiger partial charge in [-0.3, -0.25) is 4.79 Å². The van der Waals surface area contributed by atoms with Gasteiger partial charge in [0, 0.05) is 5.56 Å². The van der Waals surface area contributed by atoms with E-state index in [0.29, 0.717) is 17.0 Å². The first-order valence-corrected chi connectivity index (χ1v) is 10.5. The van der Waals surface area contributed by atoms with E-state index in [1.807, 2.05) is 39.8 Å². The molecule has 31 heavy (non-hydrogen) atoms. The van der Waals surface area contributed by atoms with E-state index in [2.05, 4.69) is 29.0 Å². The number of hydrogen-bond donors (Lipinski definition) is 1. The van der Waals surface area contributed by atoms with Crippen LogP contribution in [0.1, 0.15) is 46.6 Å². The third-order valence-electron chi connectivity index (χ3n) is 5.19. The Bertz CT molecular complexity index is 1020. The molecule has 1 aromatic carbocycles. The molecule has 0 aliphatic heterocycles. The van der Waals surface area contributed by atoms with Gasteiger partial charge in [0.05, 0.1) is 18.6 Å².